The van der Waals surface area contributed by atoms with Gasteiger partial charge in [-0.1, -0.05) is 49.7 Å². The van der Waals surface area contributed by atoms with Crippen molar-refractivity contribution in [3.05, 3.63) is 65.9 Å². The van der Waals surface area contributed by atoms with Crippen LogP contribution in [0.1, 0.15) is 49.3 Å². The first-order valence-corrected chi connectivity index (χ1v) is 10.7. The number of anilines is 1. The van der Waals surface area contributed by atoms with E-state index < -0.39 is 5.92 Å². The molecule has 2 amide bonds. The molecular formula is C25H24N2O2. The van der Waals surface area contributed by atoms with E-state index in [1.54, 1.807) is 0 Å². The molecule has 2 fully saturated rings. The minimum Gasteiger partial charge on any atom is -0.357 e. The summed E-state index contributed by atoms with van der Waals surface area (Å²) in [7, 11) is 0. The Morgan fingerprint density at radius 3 is 2.52 bits per heavy atom. The van der Waals surface area contributed by atoms with Crippen LogP contribution in [0.4, 0.5) is 5.69 Å². The molecule has 1 aliphatic heterocycles. The molecule has 2 heterocycles. The van der Waals surface area contributed by atoms with E-state index in [4.69, 9.17) is 0 Å². The highest BCUT2D eigenvalue weighted by Gasteiger charge is 2.58. The number of aromatic nitrogens is 1. The van der Waals surface area contributed by atoms with Gasteiger partial charge in [-0.05, 0) is 54.4 Å². The number of carbonyl (C=O) groups excluding carboxylic acids is 2. The molecular weight excluding hydrogens is 360 g/mol. The predicted octanol–water partition coefficient (Wildman–Crippen LogP) is 4.97. The Bertz CT molecular complexity index is 1130. The zero-order valence-electron chi connectivity index (χ0n) is 16.5. The molecule has 6 rings (SSSR count). The molecule has 0 radical (unpaired) electrons. The number of nitrogens with one attached hydrogen (secondary N) is 1. The number of hydrogen-bond acceptors (Lipinski definition) is 2. The van der Waals surface area contributed by atoms with Crippen LogP contribution in [0.2, 0.25) is 0 Å². The number of aromatic amines is 1. The van der Waals surface area contributed by atoms with Crippen LogP contribution < -0.4 is 4.90 Å². The molecule has 0 unspecified atom stereocenters. The molecule has 4 heteroatoms. The first-order valence-electron chi connectivity index (χ1n) is 10.7. The van der Waals surface area contributed by atoms with Crippen LogP contribution in [0.15, 0.2) is 54.6 Å². The number of para-hydroxylation sites is 2. The van der Waals surface area contributed by atoms with Crippen molar-refractivity contribution in [3.63, 3.8) is 0 Å². The van der Waals surface area contributed by atoms with E-state index in [-0.39, 0.29) is 23.7 Å². The highest BCUT2D eigenvalue weighted by Crippen LogP contribution is 2.58. The Morgan fingerprint density at radius 2 is 1.69 bits per heavy atom. The van der Waals surface area contributed by atoms with Gasteiger partial charge in [0.25, 0.3) is 0 Å². The molecule has 3 aliphatic rings. The highest BCUT2D eigenvalue weighted by atomic mass is 16.2. The van der Waals surface area contributed by atoms with Gasteiger partial charge in [0.1, 0.15) is 0 Å². The standard InChI is InChI=1S/C25H24N2O2/c1-14-11-12-16-18(13-14)21-22(23-20(16)17-9-5-6-10-19(17)26-23)25(29)27(24(21)28)15-7-3-2-4-8-15/h2-10,14,16,18,21-22,26H,11-13H2,1H3/t14-,16+,18-,21-,22+/m1/s1. The smallest absolute Gasteiger partial charge is 0.243 e. The molecule has 1 saturated carbocycles. The molecule has 5 atom stereocenters. The van der Waals surface area contributed by atoms with E-state index in [0.717, 1.165) is 24.1 Å². The summed E-state index contributed by atoms with van der Waals surface area (Å²) in [5.74, 6) is 0.451. The van der Waals surface area contributed by atoms with Crippen molar-refractivity contribution in [2.45, 2.75) is 38.0 Å². The lowest BCUT2D eigenvalue weighted by atomic mass is 9.59. The fourth-order valence-corrected chi connectivity index (χ4v) is 6.27. The quantitative estimate of drug-likeness (QED) is 0.602. The zero-order chi connectivity index (χ0) is 19.7. The van der Waals surface area contributed by atoms with Crippen molar-refractivity contribution in [2.24, 2.45) is 17.8 Å². The fraction of sp³-hybridized carbons (Fsp3) is 0.360. The van der Waals surface area contributed by atoms with Gasteiger partial charge < -0.3 is 4.98 Å². The van der Waals surface area contributed by atoms with Crippen molar-refractivity contribution in [1.82, 2.24) is 4.98 Å². The summed E-state index contributed by atoms with van der Waals surface area (Å²) < 4.78 is 0. The van der Waals surface area contributed by atoms with E-state index in [0.29, 0.717) is 17.5 Å². The van der Waals surface area contributed by atoms with Crippen LogP contribution in [0, 0.1) is 17.8 Å². The molecule has 0 spiro atoms. The Kier molecular flexibility index (Phi) is 3.55. The molecule has 2 aromatic carbocycles. The summed E-state index contributed by atoms with van der Waals surface area (Å²) in [6, 6.07) is 17.8. The summed E-state index contributed by atoms with van der Waals surface area (Å²) in [6.45, 7) is 2.28. The molecule has 2 aliphatic carbocycles. The second-order valence-corrected chi connectivity index (χ2v) is 9.04. The molecule has 1 aromatic heterocycles. The Balaban J connectivity index is 1.57. The number of fused-ring (bicyclic) bond motifs is 8. The molecule has 146 valence electrons. The third kappa shape index (κ3) is 2.26. The lowest BCUT2D eigenvalue weighted by Crippen LogP contribution is -2.39. The van der Waals surface area contributed by atoms with Gasteiger partial charge in [0.2, 0.25) is 11.8 Å². The van der Waals surface area contributed by atoms with Crippen molar-refractivity contribution in [3.8, 4) is 0 Å². The Labute approximate surface area is 169 Å². The minimum absolute atomic E-state index is 0.0143. The number of H-pyrrole nitrogens is 1. The number of imide groups is 1. The van der Waals surface area contributed by atoms with Crippen LogP contribution in [0.25, 0.3) is 10.9 Å². The van der Waals surface area contributed by atoms with Crippen LogP contribution >= 0.6 is 0 Å². The second kappa shape index (κ2) is 6.06. The van der Waals surface area contributed by atoms with Gasteiger partial charge in [0, 0.05) is 16.6 Å². The number of rotatable bonds is 1. The van der Waals surface area contributed by atoms with Gasteiger partial charge in [-0.2, -0.15) is 0 Å². The maximum absolute atomic E-state index is 13.6. The van der Waals surface area contributed by atoms with Crippen molar-refractivity contribution in [1.29, 1.82) is 0 Å². The van der Waals surface area contributed by atoms with Gasteiger partial charge in [0.15, 0.2) is 0 Å². The average Bonchev–Trinajstić information content (AvgIpc) is 3.24. The Hall–Kier alpha value is -2.88. The minimum atomic E-state index is -0.392. The van der Waals surface area contributed by atoms with E-state index in [9.17, 15) is 9.59 Å². The lowest BCUT2D eigenvalue weighted by molar-refractivity contribution is -0.123. The first-order chi connectivity index (χ1) is 14.1. The normalized spacial score (nSPS) is 30.9. The SMILES string of the molecule is C[C@@H]1CC[C@@H]2c3c([nH]c4ccccc34)[C@H]3C(=O)N(c4ccccc4)C(=O)[C@@H]3[C@@H]2C1. The van der Waals surface area contributed by atoms with Crippen LogP contribution in [0.5, 0.6) is 0 Å². The van der Waals surface area contributed by atoms with Gasteiger partial charge in [-0.3, -0.25) is 9.59 Å². The average molecular weight is 384 g/mol. The molecule has 1 N–H and O–H groups in total. The molecule has 0 bridgehead atoms. The van der Waals surface area contributed by atoms with Crippen molar-refractivity contribution < 1.29 is 9.59 Å². The second-order valence-electron chi connectivity index (χ2n) is 9.04. The van der Waals surface area contributed by atoms with Gasteiger partial charge in [-0.15, -0.1) is 0 Å². The monoisotopic (exact) mass is 384 g/mol. The lowest BCUT2D eigenvalue weighted by Gasteiger charge is -2.43. The summed E-state index contributed by atoms with van der Waals surface area (Å²) in [4.78, 5) is 32.3. The van der Waals surface area contributed by atoms with E-state index >= 15 is 0 Å². The first kappa shape index (κ1) is 17.0. The number of benzene rings is 2. The number of amides is 2. The van der Waals surface area contributed by atoms with Crippen LogP contribution in [-0.4, -0.2) is 16.8 Å². The summed E-state index contributed by atoms with van der Waals surface area (Å²) in [5.41, 5.74) is 4.06. The number of carbonyl (C=O) groups is 2. The van der Waals surface area contributed by atoms with Crippen LogP contribution in [-0.2, 0) is 9.59 Å². The highest BCUT2D eigenvalue weighted by molar-refractivity contribution is 6.24. The summed E-state index contributed by atoms with van der Waals surface area (Å²) in [6.07, 6.45) is 3.30. The number of hydrogen-bond donors (Lipinski definition) is 1. The fourth-order valence-electron chi connectivity index (χ4n) is 6.27. The van der Waals surface area contributed by atoms with E-state index in [2.05, 4.69) is 30.1 Å². The summed E-state index contributed by atoms with van der Waals surface area (Å²) >= 11 is 0. The predicted molar refractivity (Wildman–Crippen MR) is 113 cm³/mol. The largest absolute Gasteiger partial charge is 0.357 e. The van der Waals surface area contributed by atoms with Gasteiger partial charge in [-0.25, -0.2) is 4.90 Å². The van der Waals surface area contributed by atoms with Gasteiger partial charge >= 0.3 is 0 Å². The van der Waals surface area contributed by atoms with Crippen molar-refractivity contribution in [2.75, 3.05) is 4.90 Å². The van der Waals surface area contributed by atoms with E-state index in [1.165, 1.54) is 22.3 Å². The maximum atomic E-state index is 13.6. The molecule has 4 nitrogen and oxygen atoms in total. The molecule has 29 heavy (non-hydrogen) atoms. The summed E-state index contributed by atoms with van der Waals surface area (Å²) in [5, 5.41) is 1.23. The van der Waals surface area contributed by atoms with E-state index in [1.807, 2.05) is 36.4 Å². The number of nitrogens with zero attached hydrogens (tertiary/aromatic N) is 1. The van der Waals surface area contributed by atoms with Crippen molar-refractivity contribution >= 4 is 28.4 Å². The maximum Gasteiger partial charge on any atom is 0.243 e. The van der Waals surface area contributed by atoms with Crippen LogP contribution in [0.3, 0.4) is 0 Å². The topological polar surface area (TPSA) is 53.2 Å². The zero-order valence-corrected chi connectivity index (χ0v) is 16.5. The van der Waals surface area contributed by atoms with Gasteiger partial charge in [0.05, 0.1) is 17.5 Å². The molecule has 1 saturated heterocycles. The third-order valence-corrected chi connectivity index (χ3v) is 7.45. The third-order valence-electron chi connectivity index (χ3n) is 7.45. The Morgan fingerprint density at radius 1 is 0.931 bits per heavy atom. The molecule has 3 aromatic rings.